The maximum absolute atomic E-state index is 14.2. The number of hydrogen-bond acceptors (Lipinski definition) is 3. The molecule has 2 rings (SSSR count). The van der Waals surface area contributed by atoms with Gasteiger partial charge in [-0.1, -0.05) is 6.07 Å². The molecule has 0 aliphatic carbocycles. The van der Waals surface area contributed by atoms with E-state index in [1.807, 2.05) is 12.1 Å². The number of nitrogens with two attached hydrogens (primary N) is 1. The third kappa shape index (κ3) is 2.96. The molecule has 112 valence electrons. The Bertz CT molecular complexity index is 470. The van der Waals surface area contributed by atoms with Crippen LogP contribution < -0.4 is 10.5 Å². The Morgan fingerprint density at radius 1 is 1.45 bits per heavy atom. The molecule has 0 amide bonds. The molecule has 1 heterocycles. The summed E-state index contributed by atoms with van der Waals surface area (Å²) in [5.74, 6) is 1.32. The van der Waals surface area contributed by atoms with Crippen molar-refractivity contribution in [3.05, 3.63) is 29.3 Å². The molecule has 0 spiro atoms. The second-order valence-electron chi connectivity index (χ2n) is 6.22. The fourth-order valence-electron chi connectivity index (χ4n) is 3.00. The van der Waals surface area contributed by atoms with Crippen LogP contribution >= 0.6 is 0 Å². The molecule has 1 fully saturated rings. The summed E-state index contributed by atoms with van der Waals surface area (Å²) in [4.78, 5) is 2.28. The van der Waals surface area contributed by atoms with Gasteiger partial charge in [-0.2, -0.15) is 0 Å². The monoisotopic (exact) mass is 280 g/mol. The van der Waals surface area contributed by atoms with Crippen LogP contribution in [0.25, 0.3) is 0 Å². The van der Waals surface area contributed by atoms with Gasteiger partial charge in [0.05, 0.1) is 7.11 Å². The largest absolute Gasteiger partial charge is 0.496 e. The van der Waals surface area contributed by atoms with Crippen molar-refractivity contribution >= 4 is 0 Å². The molecule has 0 radical (unpaired) electrons. The second kappa shape index (κ2) is 5.70. The van der Waals surface area contributed by atoms with Crippen LogP contribution in [0.5, 0.6) is 5.75 Å². The Labute approximate surface area is 120 Å². The van der Waals surface area contributed by atoms with Gasteiger partial charge in [0.2, 0.25) is 0 Å². The SMILES string of the molecule is COc1ccc(C(C)(C)F)cc1C1CC(CN)CN1C. The fraction of sp³-hybridized carbons (Fsp3) is 0.625. The van der Waals surface area contributed by atoms with Gasteiger partial charge < -0.3 is 10.5 Å². The zero-order valence-electron chi connectivity index (χ0n) is 12.8. The maximum atomic E-state index is 14.2. The lowest BCUT2D eigenvalue weighted by molar-refractivity contribution is 0.220. The van der Waals surface area contributed by atoms with E-state index in [4.69, 9.17) is 10.5 Å². The van der Waals surface area contributed by atoms with E-state index in [1.54, 1.807) is 27.0 Å². The first kappa shape index (κ1) is 15.3. The first-order valence-electron chi connectivity index (χ1n) is 7.14. The van der Waals surface area contributed by atoms with E-state index in [9.17, 15) is 4.39 Å². The van der Waals surface area contributed by atoms with E-state index < -0.39 is 5.67 Å². The smallest absolute Gasteiger partial charge is 0.130 e. The molecular weight excluding hydrogens is 255 g/mol. The normalized spacial score (nSPS) is 24.1. The van der Waals surface area contributed by atoms with Gasteiger partial charge in [-0.3, -0.25) is 4.90 Å². The van der Waals surface area contributed by atoms with Crippen molar-refractivity contribution in [3.63, 3.8) is 0 Å². The molecule has 0 bridgehead atoms. The summed E-state index contributed by atoms with van der Waals surface area (Å²) in [7, 11) is 3.75. The highest BCUT2D eigenvalue weighted by Crippen LogP contribution is 2.40. The average Bonchev–Trinajstić information content (AvgIpc) is 2.78. The first-order valence-corrected chi connectivity index (χ1v) is 7.14. The van der Waals surface area contributed by atoms with Crippen molar-refractivity contribution in [3.8, 4) is 5.75 Å². The lowest BCUT2D eigenvalue weighted by Crippen LogP contribution is -2.21. The van der Waals surface area contributed by atoms with Gasteiger partial charge in [0.1, 0.15) is 11.4 Å². The quantitative estimate of drug-likeness (QED) is 0.921. The molecule has 2 unspecified atom stereocenters. The summed E-state index contributed by atoms with van der Waals surface area (Å²) in [6.07, 6.45) is 1.000. The lowest BCUT2D eigenvalue weighted by atomic mass is 9.93. The summed E-state index contributed by atoms with van der Waals surface area (Å²) in [6.45, 7) is 4.84. The average molecular weight is 280 g/mol. The molecule has 1 aliphatic heterocycles. The summed E-state index contributed by atoms with van der Waals surface area (Å²) in [6, 6.07) is 5.87. The lowest BCUT2D eigenvalue weighted by Gasteiger charge is -2.24. The van der Waals surface area contributed by atoms with Gasteiger partial charge in [0.25, 0.3) is 0 Å². The molecule has 1 aromatic carbocycles. The number of ether oxygens (including phenoxy) is 1. The minimum absolute atomic E-state index is 0.251. The number of methoxy groups -OCH3 is 1. The minimum atomic E-state index is -1.34. The Morgan fingerprint density at radius 2 is 2.15 bits per heavy atom. The molecule has 0 aromatic heterocycles. The molecule has 1 aromatic rings. The third-order valence-electron chi connectivity index (χ3n) is 4.24. The van der Waals surface area contributed by atoms with E-state index >= 15 is 0 Å². The number of hydrogen-bond donors (Lipinski definition) is 1. The van der Waals surface area contributed by atoms with Crippen molar-refractivity contribution in [2.45, 2.75) is 32.0 Å². The van der Waals surface area contributed by atoms with Gasteiger partial charge in [0, 0.05) is 18.2 Å². The van der Waals surface area contributed by atoms with Crippen LogP contribution in [0.4, 0.5) is 4.39 Å². The van der Waals surface area contributed by atoms with E-state index in [0.717, 1.165) is 24.3 Å². The molecule has 4 heteroatoms. The zero-order valence-corrected chi connectivity index (χ0v) is 12.8. The maximum Gasteiger partial charge on any atom is 0.130 e. The Kier molecular flexibility index (Phi) is 4.35. The number of nitrogens with zero attached hydrogens (tertiary/aromatic N) is 1. The highest BCUT2D eigenvalue weighted by molar-refractivity contribution is 5.41. The Balaban J connectivity index is 2.38. The zero-order chi connectivity index (χ0) is 14.9. The summed E-state index contributed by atoms with van der Waals surface area (Å²) >= 11 is 0. The first-order chi connectivity index (χ1) is 9.36. The fourth-order valence-corrected chi connectivity index (χ4v) is 3.00. The number of likely N-dealkylation sites (tertiary alicyclic amines) is 1. The summed E-state index contributed by atoms with van der Waals surface area (Å²) in [5.41, 5.74) is 6.20. The van der Waals surface area contributed by atoms with Crippen LogP contribution in [0, 0.1) is 5.92 Å². The van der Waals surface area contributed by atoms with Gasteiger partial charge in [-0.05, 0) is 57.5 Å². The number of benzene rings is 1. The van der Waals surface area contributed by atoms with E-state index in [2.05, 4.69) is 11.9 Å². The van der Waals surface area contributed by atoms with Gasteiger partial charge in [-0.15, -0.1) is 0 Å². The van der Waals surface area contributed by atoms with E-state index in [0.29, 0.717) is 18.0 Å². The van der Waals surface area contributed by atoms with Crippen molar-refractivity contribution in [2.24, 2.45) is 11.7 Å². The van der Waals surface area contributed by atoms with E-state index in [1.165, 1.54) is 0 Å². The molecule has 3 nitrogen and oxygen atoms in total. The van der Waals surface area contributed by atoms with Gasteiger partial charge >= 0.3 is 0 Å². The van der Waals surface area contributed by atoms with Crippen LogP contribution in [0.15, 0.2) is 18.2 Å². The second-order valence-corrected chi connectivity index (χ2v) is 6.22. The molecular formula is C16H25FN2O. The van der Waals surface area contributed by atoms with Crippen LogP contribution in [-0.4, -0.2) is 32.1 Å². The van der Waals surface area contributed by atoms with E-state index in [-0.39, 0.29) is 6.04 Å². The highest BCUT2D eigenvalue weighted by atomic mass is 19.1. The standard InChI is InChI=1S/C16H25FN2O/c1-16(2,17)12-5-6-15(20-4)13(8-12)14-7-11(9-18)10-19(14)3/h5-6,8,11,14H,7,9-10,18H2,1-4H3. The third-order valence-corrected chi connectivity index (χ3v) is 4.24. The number of alkyl halides is 1. The highest BCUT2D eigenvalue weighted by Gasteiger charge is 2.32. The van der Waals surface area contributed by atoms with Crippen molar-refractivity contribution in [1.82, 2.24) is 4.90 Å². The summed E-state index contributed by atoms with van der Waals surface area (Å²) < 4.78 is 19.7. The number of rotatable bonds is 4. The Hall–Kier alpha value is -1.13. The molecule has 1 saturated heterocycles. The molecule has 20 heavy (non-hydrogen) atoms. The van der Waals surface area contributed by atoms with Crippen molar-refractivity contribution in [2.75, 3.05) is 27.2 Å². The van der Waals surface area contributed by atoms with Crippen molar-refractivity contribution in [1.29, 1.82) is 0 Å². The molecule has 2 N–H and O–H groups in total. The van der Waals surface area contributed by atoms with Crippen LogP contribution in [0.3, 0.4) is 0 Å². The number of halogens is 1. The van der Waals surface area contributed by atoms with Crippen LogP contribution in [0.1, 0.15) is 37.4 Å². The summed E-state index contributed by atoms with van der Waals surface area (Å²) in [5, 5.41) is 0. The van der Waals surface area contributed by atoms with Gasteiger partial charge in [-0.25, -0.2) is 4.39 Å². The Morgan fingerprint density at radius 3 is 2.65 bits per heavy atom. The topological polar surface area (TPSA) is 38.5 Å². The molecule has 0 saturated carbocycles. The predicted molar refractivity (Wildman–Crippen MR) is 79.7 cm³/mol. The van der Waals surface area contributed by atoms with Crippen LogP contribution in [0.2, 0.25) is 0 Å². The molecule has 1 aliphatic rings. The van der Waals surface area contributed by atoms with Crippen LogP contribution in [-0.2, 0) is 5.67 Å². The molecule has 2 atom stereocenters. The van der Waals surface area contributed by atoms with Gasteiger partial charge in [0.15, 0.2) is 0 Å². The minimum Gasteiger partial charge on any atom is -0.496 e. The predicted octanol–water partition coefficient (Wildman–Crippen LogP) is 2.85. The van der Waals surface area contributed by atoms with Crippen molar-refractivity contribution < 1.29 is 9.13 Å².